The van der Waals surface area contributed by atoms with E-state index in [-0.39, 0.29) is 18.4 Å². The Balaban J connectivity index is 1.53. The van der Waals surface area contributed by atoms with E-state index in [0.29, 0.717) is 6.54 Å². The maximum absolute atomic E-state index is 12.5. The Kier molecular flexibility index (Phi) is 5.60. The van der Waals surface area contributed by atoms with Gasteiger partial charge in [-0.1, -0.05) is 29.8 Å². The molecule has 1 fully saturated rings. The number of aliphatic hydroxyl groups is 1. The van der Waals surface area contributed by atoms with E-state index in [2.05, 4.69) is 20.2 Å². The molecule has 3 rings (SSSR count). The lowest BCUT2D eigenvalue weighted by Gasteiger charge is -2.32. The van der Waals surface area contributed by atoms with Gasteiger partial charge in [-0.15, -0.1) is 0 Å². The lowest BCUT2D eigenvalue weighted by atomic mass is 9.97. The fraction of sp³-hybridized carbons (Fsp3) is 0.421. The van der Waals surface area contributed by atoms with Gasteiger partial charge in [0, 0.05) is 32.0 Å². The van der Waals surface area contributed by atoms with Crippen LogP contribution in [0.5, 0.6) is 0 Å². The average Bonchev–Trinajstić information content (AvgIpc) is 2.67. The fourth-order valence-corrected chi connectivity index (χ4v) is 3.10. The number of carbonyl (C=O) groups is 1. The van der Waals surface area contributed by atoms with Crippen LogP contribution in [0.1, 0.15) is 30.1 Å². The standard InChI is InChI=1S/C19H24N4O2/c1-14-4-6-15(7-5-14)17(24)11-22-19(25)16-3-2-10-23(13-16)18-12-20-8-9-21-18/h4-9,12,16-17,24H,2-3,10-11,13H2,1H3,(H,22,25)/t16-,17-/m0/s1. The van der Waals surface area contributed by atoms with Gasteiger partial charge >= 0.3 is 0 Å². The summed E-state index contributed by atoms with van der Waals surface area (Å²) in [6.45, 7) is 3.74. The molecule has 0 bridgehead atoms. The number of amides is 1. The predicted molar refractivity (Wildman–Crippen MR) is 96.1 cm³/mol. The molecule has 6 heteroatoms. The summed E-state index contributed by atoms with van der Waals surface area (Å²) in [6, 6.07) is 7.70. The largest absolute Gasteiger partial charge is 0.387 e. The third kappa shape index (κ3) is 4.54. The molecule has 2 atom stereocenters. The molecule has 0 radical (unpaired) electrons. The van der Waals surface area contributed by atoms with Crippen LogP contribution in [-0.2, 0) is 4.79 Å². The number of hydrogen-bond donors (Lipinski definition) is 2. The molecule has 1 aromatic carbocycles. The summed E-state index contributed by atoms with van der Waals surface area (Å²) in [6.07, 6.45) is 6.13. The molecule has 1 amide bonds. The SMILES string of the molecule is Cc1ccc([C@@H](O)CNC(=O)[C@H]2CCCN(c3cnccn3)C2)cc1. The van der Waals surface area contributed by atoms with Crippen molar-refractivity contribution in [2.75, 3.05) is 24.5 Å². The third-order valence-corrected chi connectivity index (χ3v) is 4.60. The van der Waals surface area contributed by atoms with Gasteiger partial charge in [0.05, 0.1) is 18.2 Å². The van der Waals surface area contributed by atoms with Gasteiger partial charge in [-0.2, -0.15) is 0 Å². The van der Waals surface area contributed by atoms with Crippen LogP contribution in [0, 0.1) is 12.8 Å². The molecule has 0 saturated carbocycles. The summed E-state index contributed by atoms with van der Waals surface area (Å²) in [4.78, 5) is 23.0. The smallest absolute Gasteiger partial charge is 0.225 e. The molecule has 1 aliphatic heterocycles. The molecule has 2 aromatic rings. The van der Waals surface area contributed by atoms with Crippen LogP contribution in [0.4, 0.5) is 5.82 Å². The third-order valence-electron chi connectivity index (χ3n) is 4.60. The highest BCUT2D eigenvalue weighted by atomic mass is 16.3. The molecule has 25 heavy (non-hydrogen) atoms. The number of anilines is 1. The minimum Gasteiger partial charge on any atom is -0.387 e. The van der Waals surface area contributed by atoms with Crippen molar-refractivity contribution in [3.05, 3.63) is 54.0 Å². The highest BCUT2D eigenvalue weighted by Gasteiger charge is 2.26. The Morgan fingerprint density at radius 1 is 1.36 bits per heavy atom. The second-order valence-electron chi connectivity index (χ2n) is 6.52. The fourth-order valence-electron chi connectivity index (χ4n) is 3.10. The van der Waals surface area contributed by atoms with Crippen LogP contribution < -0.4 is 10.2 Å². The van der Waals surface area contributed by atoms with E-state index in [9.17, 15) is 9.90 Å². The zero-order valence-corrected chi connectivity index (χ0v) is 14.4. The van der Waals surface area contributed by atoms with E-state index in [1.807, 2.05) is 31.2 Å². The van der Waals surface area contributed by atoms with Gasteiger partial charge in [-0.25, -0.2) is 4.98 Å². The molecular weight excluding hydrogens is 316 g/mol. The lowest BCUT2D eigenvalue weighted by molar-refractivity contribution is -0.125. The summed E-state index contributed by atoms with van der Waals surface area (Å²) >= 11 is 0. The molecule has 0 unspecified atom stereocenters. The van der Waals surface area contributed by atoms with E-state index in [4.69, 9.17) is 0 Å². The number of aromatic nitrogens is 2. The van der Waals surface area contributed by atoms with Crippen LogP contribution >= 0.6 is 0 Å². The van der Waals surface area contributed by atoms with Crippen molar-refractivity contribution in [3.8, 4) is 0 Å². The Labute approximate surface area is 147 Å². The van der Waals surface area contributed by atoms with Gasteiger partial charge in [0.25, 0.3) is 0 Å². The van der Waals surface area contributed by atoms with Gasteiger partial charge in [-0.3, -0.25) is 9.78 Å². The molecule has 1 aromatic heterocycles. The number of aliphatic hydroxyl groups excluding tert-OH is 1. The first-order valence-corrected chi connectivity index (χ1v) is 8.67. The van der Waals surface area contributed by atoms with E-state index in [1.54, 1.807) is 18.6 Å². The zero-order chi connectivity index (χ0) is 17.6. The molecule has 0 aliphatic carbocycles. The number of aryl methyl sites for hydroxylation is 1. The Morgan fingerprint density at radius 3 is 2.88 bits per heavy atom. The van der Waals surface area contributed by atoms with Gasteiger partial charge in [0.15, 0.2) is 0 Å². The van der Waals surface area contributed by atoms with Crippen LogP contribution in [0.3, 0.4) is 0 Å². The number of carbonyl (C=O) groups excluding carboxylic acids is 1. The van der Waals surface area contributed by atoms with E-state index < -0.39 is 6.10 Å². The molecule has 6 nitrogen and oxygen atoms in total. The number of nitrogens with zero attached hydrogens (tertiary/aromatic N) is 3. The first-order chi connectivity index (χ1) is 12.1. The van der Waals surface area contributed by atoms with Crippen molar-refractivity contribution in [3.63, 3.8) is 0 Å². The summed E-state index contributed by atoms with van der Waals surface area (Å²) in [5, 5.41) is 13.1. The summed E-state index contributed by atoms with van der Waals surface area (Å²) in [5.41, 5.74) is 1.96. The van der Waals surface area contributed by atoms with E-state index >= 15 is 0 Å². The second kappa shape index (κ2) is 8.07. The molecule has 1 saturated heterocycles. The van der Waals surface area contributed by atoms with Crippen LogP contribution in [-0.4, -0.2) is 40.6 Å². The molecule has 1 aliphatic rings. The van der Waals surface area contributed by atoms with Gasteiger partial charge in [0.2, 0.25) is 5.91 Å². The Morgan fingerprint density at radius 2 is 2.16 bits per heavy atom. The molecule has 2 heterocycles. The normalized spacial score (nSPS) is 18.6. The maximum Gasteiger partial charge on any atom is 0.225 e. The number of hydrogen-bond acceptors (Lipinski definition) is 5. The summed E-state index contributed by atoms with van der Waals surface area (Å²) < 4.78 is 0. The predicted octanol–water partition coefficient (Wildman–Crippen LogP) is 1.85. The lowest BCUT2D eigenvalue weighted by Crippen LogP contribution is -2.44. The van der Waals surface area contributed by atoms with Gasteiger partial charge < -0.3 is 15.3 Å². The van der Waals surface area contributed by atoms with Crippen molar-refractivity contribution in [2.24, 2.45) is 5.92 Å². The van der Waals surface area contributed by atoms with Crippen molar-refractivity contribution in [1.82, 2.24) is 15.3 Å². The Hall–Kier alpha value is -2.47. The number of nitrogens with one attached hydrogen (secondary N) is 1. The van der Waals surface area contributed by atoms with Crippen LogP contribution in [0.2, 0.25) is 0 Å². The van der Waals surface area contributed by atoms with Crippen molar-refractivity contribution in [2.45, 2.75) is 25.9 Å². The minimum absolute atomic E-state index is 0.0141. The van der Waals surface area contributed by atoms with Gasteiger partial charge in [0.1, 0.15) is 5.82 Å². The number of piperidine rings is 1. The zero-order valence-electron chi connectivity index (χ0n) is 14.4. The first-order valence-electron chi connectivity index (χ1n) is 8.67. The van der Waals surface area contributed by atoms with Gasteiger partial charge in [-0.05, 0) is 25.3 Å². The summed E-state index contributed by atoms with van der Waals surface area (Å²) in [5.74, 6) is 0.695. The highest BCUT2D eigenvalue weighted by molar-refractivity contribution is 5.79. The Bertz CT molecular complexity index is 690. The van der Waals surface area contributed by atoms with Crippen LogP contribution in [0.15, 0.2) is 42.9 Å². The van der Waals surface area contributed by atoms with Crippen LogP contribution in [0.25, 0.3) is 0 Å². The van der Waals surface area contributed by atoms with Crippen molar-refractivity contribution >= 4 is 11.7 Å². The minimum atomic E-state index is -0.691. The quantitative estimate of drug-likeness (QED) is 0.868. The monoisotopic (exact) mass is 340 g/mol. The average molecular weight is 340 g/mol. The van der Waals surface area contributed by atoms with E-state index in [0.717, 1.165) is 36.3 Å². The maximum atomic E-state index is 12.5. The highest BCUT2D eigenvalue weighted by Crippen LogP contribution is 2.21. The molecule has 132 valence electrons. The molecular formula is C19H24N4O2. The second-order valence-corrected chi connectivity index (χ2v) is 6.52. The molecule has 2 N–H and O–H groups in total. The van der Waals surface area contributed by atoms with Crippen molar-refractivity contribution < 1.29 is 9.90 Å². The number of benzene rings is 1. The number of rotatable bonds is 5. The van der Waals surface area contributed by atoms with E-state index in [1.165, 1.54) is 0 Å². The van der Waals surface area contributed by atoms with Crippen molar-refractivity contribution in [1.29, 1.82) is 0 Å². The first kappa shape index (κ1) is 17.4. The molecule has 0 spiro atoms. The topological polar surface area (TPSA) is 78.4 Å². The summed E-state index contributed by atoms with van der Waals surface area (Å²) in [7, 11) is 0.